The monoisotopic (exact) mass is 336 g/mol. The molecule has 2 saturated heterocycles. The number of hydrogen-bond acceptors (Lipinski definition) is 5. The smallest absolute Gasteiger partial charge is 0.324 e. The van der Waals surface area contributed by atoms with Crippen LogP contribution < -0.4 is 5.32 Å². The predicted molar refractivity (Wildman–Crippen MR) is 84.8 cm³/mol. The molecule has 7 nitrogen and oxygen atoms in total. The fourth-order valence-corrected chi connectivity index (χ4v) is 3.88. The van der Waals surface area contributed by atoms with E-state index in [0.29, 0.717) is 19.4 Å². The molecular weight excluding hydrogens is 316 g/mol. The van der Waals surface area contributed by atoms with Gasteiger partial charge in [0.1, 0.15) is 5.01 Å². The Bertz CT molecular complexity index is 574. The van der Waals surface area contributed by atoms with Gasteiger partial charge in [0.25, 0.3) is 0 Å². The number of imide groups is 1. The molecule has 1 aromatic heterocycles. The van der Waals surface area contributed by atoms with Gasteiger partial charge in [0.05, 0.1) is 12.6 Å². The average Bonchev–Trinajstić information content (AvgIpc) is 3.20. The molecule has 1 N–H and O–H groups in total. The molecule has 124 valence electrons. The maximum absolute atomic E-state index is 12.5. The van der Waals surface area contributed by atoms with Crippen molar-refractivity contribution in [2.45, 2.75) is 38.1 Å². The van der Waals surface area contributed by atoms with Gasteiger partial charge in [-0.15, -0.1) is 11.3 Å². The summed E-state index contributed by atoms with van der Waals surface area (Å²) in [6, 6.07) is -0.283. The number of urea groups is 1. The van der Waals surface area contributed by atoms with Crippen LogP contribution in [0.25, 0.3) is 0 Å². The highest BCUT2D eigenvalue weighted by molar-refractivity contribution is 7.09. The quantitative estimate of drug-likeness (QED) is 0.827. The first-order valence-electron chi connectivity index (χ1n) is 7.94. The number of likely N-dealkylation sites (tertiary alicyclic amines) is 1. The first-order valence-corrected chi connectivity index (χ1v) is 8.82. The van der Waals surface area contributed by atoms with Crippen LogP contribution in [0.1, 0.15) is 43.2 Å². The van der Waals surface area contributed by atoms with E-state index in [-0.39, 0.29) is 30.4 Å². The Morgan fingerprint density at radius 3 is 2.96 bits per heavy atom. The molecule has 1 atom stereocenters. The third-order valence-electron chi connectivity index (χ3n) is 4.27. The van der Waals surface area contributed by atoms with Crippen molar-refractivity contribution in [3.05, 3.63) is 16.6 Å². The lowest BCUT2D eigenvalue weighted by Crippen LogP contribution is -2.39. The molecule has 23 heavy (non-hydrogen) atoms. The normalized spacial score (nSPS) is 21.7. The number of carbonyl (C=O) groups excluding carboxylic acids is 3. The van der Waals surface area contributed by atoms with Crippen molar-refractivity contribution in [1.29, 1.82) is 0 Å². The number of amides is 4. The maximum Gasteiger partial charge on any atom is 0.324 e. The third kappa shape index (κ3) is 3.52. The van der Waals surface area contributed by atoms with Gasteiger partial charge in [0.15, 0.2) is 0 Å². The SMILES string of the molecule is O=C1CNC(=O)N1CCCC(=O)N1CCCC[C@@H]1c1nccs1. The van der Waals surface area contributed by atoms with E-state index in [9.17, 15) is 14.4 Å². The van der Waals surface area contributed by atoms with E-state index in [4.69, 9.17) is 0 Å². The number of nitrogens with zero attached hydrogens (tertiary/aromatic N) is 3. The largest absolute Gasteiger partial charge is 0.333 e. The molecular formula is C15H20N4O3S. The molecule has 1 aromatic rings. The molecule has 3 heterocycles. The number of nitrogens with one attached hydrogen (secondary N) is 1. The van der Waals surface area contributed by atoms with Crippen LogP contribution in [-0.2, 0) is 9.59 Å². The molecule has 0 radical (unpaired) electrons. The summed E-state index contributed by atoms with van der Waals surface area (Å²) in [5, 5.41) is 5.41. The second kappa shape index (κ2) is 7.08. The molecule has 0 aliphatic carbocycles. The fourth-order valence-electron chi connectivity index (χ4n) is 3.10. The van der Waals surface area contributed by atoms with Gasteiger partial charge >= 0.3 is 6.03 Å². The van der Waals surface area contributed by atoms with Gasteiger partial charge in [-0.05, 0) is 25.7 Å². The number of aromatic nitrogens is 1. The van der Waals surface area contributed by atoms with Gasteiger partial charge < -0.3 is 10.2 Å². The number of hydrogen-bond donors (Lipinski definition) is 1. The Balaban J connectivity index is 1.54. The summed E-state index contributed by atoms with van der Waals surface area (Å²) in [6.07, 6.45) is 5.69. The predicted octanol–water partition coefficient (Wildman–Crippen LogP) is 1.53. The molecule has 0 saturated carbocycles. The Labute approximate surface area is 138 Å². The van der Waals surface area contributed by atoms with Crippen molar-refractivity contribution in [3.63, 3.8) is 0 Å². The highest BCUT2D eigenvalue weighted by atomic mass is 32.1. The lowest BCUT2D eigenvalue weighted by atomic mass is 10.0. The van der Waals surface area contributed by atoms with Crippen molar-refractivity contribution < 1.29 is 14.4 Å². The molecule has 2 fully saturated rings. The summed E-state index contributed by atoms with van der Waals surface area (Å²) in [7, 11) is 0. The number of thiazole rings is 1. The lowest BCUT2D eigenvalue weighted by Gasteiger charge is -2.34. The molecule has 0 unspecified atom stereocenters. The van der Waals surface area contributed by atoms with Crippen molar-refractivity contribution in [3.8, 4) is 0 Å². The van der Waals surface area contributed by atoms with Crippen LogP contribution in [0.15, 0.2) is 11.6 Å². The summed E-state index contributed by atoms with van der Waals surface area (Å²) in [4.78, 5) is 43.0. The van der Waals surface area contributed by atoms with Gasteiger partial charge in [-0.2, -0.15) is 0 Å². The molecule has 0 aromatic carbocycles. The number of rotatable bonds is 5. The average molecular weight is 336 g/mol. The van der Waals surface area contributed by atoms with Crippen molar-refractivity contribution >= 4 is 29.2 Å². The van der Waals surface area contributed by atoms with E-state index < -0.39 is 0 Å². The van der Waals surface area contributed by atoms with Crippen LogP contribution in [0.5, 0.6) is 0 Å². The lowest BCUT2D eigenvalue weighted by molar-refractivity contribution is -0.135. The van der Waals surface area contributed by atoms with Crippen LogP contribution in [0.4, 0.5) is 4.79 Å². The molecule has 8 heteroatoms. The van der Waals surface area contributed by atoms with E-state index in [1.54, 1.807) is 17.5 Å². The van der Waals surface area contributed by atoms with E-state index in [1.807, 2.05) is 10.3 Å². The van der Waals surface area contributed by atoms with Crippen molar-refractivity contribution in [2.75, 3.05) is 19.6 Å². The molecule has 2 aliphatic heterocycles. The third-order valence-corrected chi connectivity index (χ3v) is 5.15. The summed E-state index contributed by atoms with van der Waals surface area (Å²) >= 11 is 1.58. The molecule has 4 amide bonds. The first kappa shape index (κ1) is 15.9. The summed E-state index contributed by atoms with van der Waals surface area (Å²) in [5.74, 6) is -0.141. The minimum absolute atomic E-state index is 0.0605. The molecule has 0 spiro atoms. The highest BCUT2D eigenvalue weighted by Crippen LogP contribution is 2.32. The topological polar surface area (TPSA) is 82.6 Å². The Kier molecular flexibility index (Phi) is 4.90. The Hall–Kier alpha value is -1.96. The summed E-state index contributed by atoms with van der Waals surface area (Å²) in [5.41, 5.74) is 0. The van der Waals surface area contributed by atoms with E-state index >= 15 is 0 Å². The minimum Gasteiger partial charge on any atom is -0.333 e. The van der Waals surface area contributed by atoms with Crippen LogP contribution in [0.3, 0.4) is 0 Å². The van der Waals surface area contributed by atoms with Gasteiger partial charge in [-0.1, -0.05) is 0 Å². The van der Waals surface area contributed by atoms with Crippen molar-refractivity contribution in [2.24, 2.45) is 0 Å². The van der Waals surface area contributed by atoms with E-state index in [1.165, 1.54) is 4.90 Å². The molecule has 0 bridgehead atoms. The first-order chi connectivity index (χ1) is 11.2. The molecule has 3 rings (SSSR count). The zero-order valence-corrected chi connectivity index (χ0v) is 13.7. The minimum atomic E-state index is -0.360. The molecule has 2 aliphatic rings. The number of piperidine rings is 1. The van der Waals surface area contributed by atoms with Crippen molar-refractivity contribution in [1.82, 2.24) is 20.1 Å². The zero-order valence-electron chi connectivity index (χ0n) is 12.9. The zero-order chi connectivity index (χ0) is 16.2. The second-order valence-corrected chi connectivity index (χ2v) is 6.70. The van der Waals surface area contributed by atoms with E-state index in [2.05, 4.69) is 10.3 Å². The summed E-state index contributed by atoms with van der Waals surface area (Å²) < 4.78 is 0. The standard InChI is InChI=1S/C15H20N4O3S/c20-12(5-3-8-19-13(21)10-17-15(19)22)18-7-2-1-4-11(18)14-16-6-9-23-14/h6,9,11H,1-5,7-8,10H2,(H,17,22)/t11-/m1/s1. The van der Waals surface area contributed by atoms with E-state index in [0.717, 1.165) is 30.8 Å². The fraction of sp³-hybridized carbons (Fsp3) is 0.600. The Morgan fingerprint density at radius 2 is 2.26 bits per heavy atom. The summed E-state index contributed by atoms with van der Waals surface area (Å²) in [6.45, 7) is 1.11. The van der Waals surface area contributed by atoms with Gasteiger partial charge in [0, 0.05) is 31.1 Å². The van der Waals surface area contributed by atoms with Crippen LogP contribution >= 0.6 is 11.3 Å². The second-order valence-electron chi connectivity index (χ2n) is 5.78. The van der Waals surface area contributed by atoms with Crippen LogP contribution in [0.2, 0.25) is 0 Å². The van der Waals surface area contributed by atoms with Crippen LogP contribution in [0, 0.1) is 0 Å². The van der Waals surface area contributed by atoms with Gasteiger partial charge in [-0.25, -0.2) is 9.78 Å². The van der Waals surface area contributed by atoms with Crippen LogP contribution in [-0.4, -0.2) is 52.3 Å². The van der Waals surface area contributed by atoms with Gasteiger partial charge in [-0.3, -0.25) is 14.5 Å². The Morgan fingerprint density at radius 1 is 1.39 bits per heavy atom. The van der Waals surface area contributed by atoms with Gasteiger partial charge in [0.2, 0.25) is 11.8 Å². The maximum atomic E-state index is 12.5. The number of carbonyl (C=O) groups is 3. The highest BCUT2D eigenvalue weighted by Gasteiger charge is 2.31.